The number of sulfone groups is 2. The Kier molecular flexibility index (Phi) is 12.8. The van der Waals surface area contributed by atoms with Crippen molar-refractivity contribution in [2.24, 2.45) is 14.1 Å². The fraction of sp³-hybridized carbons (Fsp3) is 0.105. The van der Waals surface area contributed by atoms with Crippen LogP contribution in [0.1, 0.15) is 0 Å². The molecule has 0 aliphatic heterocycles. The summed E-state index contributed by atoms with van der Waals surface area (Å²) in [4.78, 5) is 55.2. The molecule has 0 spiro atoms. The number of fused-ring (bicyclic) bond motifs is 2. The monoisotopic (exact) mass is 908 g/mol. The van der Waals surface area contributed by atoms with Gasteiger partial charge in [-0.05, 0) is 30.3 Å². The average molecular weight is 909 g/mol. The molecule has 0 bridgehead atoms. The Bertz CT molecular complexity index is 3480. The third kappa shape index (κ3) is 10.4. The number of aryl methyl sites for hydroxylation is 2. The van der Waals surface area contributed by atoms with Gasteiger partial charge in [-0.2, -0.15) is 0 Å². The Morgan fingerprint density at radius 2 is 1.11 bits per heavy atom. The quantitative estimate of drug-likeness (QED) is 0.0847. The van der Waals surface area contributed by atoms with Crippen molar-refractivity contribution in [3.8, 4) is 0 Å². The van der Waals surface area contributed by atoms with Crippen molar-refractivity contribution in [2.75, 3.05) is 34.2 Å². The van der Waals surface area contributed by atoms with Crippen molar-refractivity contribution in [1.29, 1.82) is 0 Å². The average Bonchev–Trinajstić information content (AvgIpc) is 3.69. The Hall–Kier alpha value is -8.19. The van der Waals surface area contributed by atoms with Crippen LogP contribution in [0.2, 0.25) is 5.15 Å². The lowest BCUT2D eigenvalue weighted by Gasteiger charge is -2.12. The summed E-state index contributed by atoms with van der Waals surface area (Å²) < 4.78 is 50.7. The molecule has 0 aliphatic rings. The molecule has 0 aliphatic carbocycles. The van der Waals surface area contributed by atoms with Crippen LogP contribution < -0.4 is 32.8 Å². The number of hydrogen-bond donors (Lipinski definition) is 6. The van der Waals surface area contributed by atoms with Gasteiger partial charge in [-0.3, -0.25) is 39.1 Å². The number of nitrogens with one attached hydrogen (secondary N) is 5. The summed E-state index contributed by atoms with van der Waals surface area (Å²) in [5.74, 6) is 1.23. The molecule has 0 fully saturated rings. The number of anilines is 7. The molecule has 25 heteroatoms. The molecular weight excluding hydrogens is 876 g/mol. The van der Waals surface area contributed by atoms with E-state index in [2.05, 4.69) is 65.7 Å². The normalized spacial score (nSPS) is 11.0. The largest absolute Gasteiger partial charge is 0.363 e. The van der Waals surface area contributed by atoms with Gasteiger partial charge in [0.05, 0.1) is 57.3 Å². The molecule has 2 aromatic carbocycles. The molecule has 7 N–H and O–H groups in total. The van der Waals surface area contributed by atoms with Gasteiger partial charge in [0.1, 0.15) is 21.7 Å². The van der Waals surface area contributed by atoms with Crippen molar-refractivity contribution in [2.45, 2.75) is 9.79 Å². The third-order valence-electron chi connectivity index (χ3n) is 8.45. The molecule has 8 aromatic rings. The lowest BCUT2D eigenvalue weighted by molar-refractivity contribution is 0.600. The summed E-state index contributed by atoms with van der Waals surface area (Å²) in [5.41, 5.74) is 6.62. The fourth-order valence-electron chi connectivity index (χ4n) is 5.77. The molecule has 22 nitrogen and oxygen atoms in total. The first-order valence-electron chi connectivity index (χ1n) is 17.7. The van der Waals surface area contributed by atoms with Crippen LogP contribution in [-0.2, 0) is 33.8 Å². The first-order chi connectivity index (χ1) is 29.9. The number of pyridine rings is 2. The maximum Gasteiger partial charge on any atom is 0.290 e. The van der Waals surface area contributed by atoms with Gasteiger partial charge in [-0.1, -0.05) is 59.0 Å². The second-order valence-electron chi connectivity index (χ2n) is 13.1. The molecule has 320 valence electrons. The van der Waals surface area contributed by atoms with Crippen molar-refractivity contribution in [3.05, 3.63) is 134 Å². The molecule has 6 aromatic heterocycles. The molecule has 0 saturated heterocycles. The van der Waals surface area contributed by atoms with Crippen LogP contribution in [0.25, 0.3) is 31.8 Å². The van der Waals surface area contributed by atoms with E-state index in [9.17, 15) is 26.4 Å². The van der Waals surface area contributed by atoms with Gasteiger partial charge in [-0.15, -0.1) is 0 Å². The van der Waals surface area contributed by atoms with Crippen molar-refractivity contribution >= 4 is 105 Å². The van der Waals surface area contributed by atoms with Gasteiger partial charge in [-0.25, -0.2) is 26.8 Å². The van der Waals surface area contributed by atoms with E-state index >= 15 is 0 Å². The molecule has 8 rings (SSSR count). The fourth-order valence-corrected chi connectivity index (χ4v) is 7.65. The van der Waals surface area contributed by atoms with Gasteiger partial charge in [0.2, 0.25) is 11.6 Å². The second kappa shape index (κ2) is 18.2. The summed E-state index contributed by atoms with van der Waals surface area (Å²) in [6.45, 7) is 13.6. The number of hydrogen-bond acceptors (Lipinski definition) is 16. The van der Waals surface area contributed by atoms with Crippen LogP contribution in [0.15, 0.2) is 105 Å². The number of benzene rings is 2. The van der Waals surface area contributed by atoms with Gasteiger partial charge in [0.25, 0.3) is 22.8 Å². The van der Waals surface area contributed by atoms with Gasteiger partial charge < -0.3 is 31.4 Å². The molecule has 63 heavy (non-hydrogen) atoms. The van der Waals surface area contributed by atoms with E-state index in [1.807, 2.05) is 0 Å². The summed E-state index contributed by atoms with van der Waals surface area (Å²) in [6, 6.07) is 15.9. The van der Waals surface area contributed by atoms with E-state index in [1.54, 1.807) is 56.6 Å². The van der Waals surface area contributed by atoms with Crippen molar-refractivity contribution in [3.63, 3.8) is 0 Å². The lowest BCUT2D eigenvalue weighted by Crippen LogP contribution is -2.12. The third-order valence-corrected chi connectivity index (χ3v) is 11.0. The van der Waals surface area contributed by atoms with Gasteiger partial charge in [0, 0.05) is 32.7 Å². The minimum absolute atomic E-state index is 0.0949. The Labute approximate surface area is 362 Å². The molecular formula is C38H33ClN16O6S2. The topological polar surface area (TPSA) is 292 Å². The van der Waals surface area contributed by atoms with E-state index in [4.69, 9.17) is 30.5 Å². The summed E-state index contributed by atoms with van der Waals surface area (Å²) in [5, 5.41) is 15.4. The number of rotatable bonds is 8. The lowest BCUT2D eigenvalue weighted by atomic mass is 10.2. The number of H-pyrrole nitrogens is 2. The Balaban J connectivity index is 0.000000180. The highest BCUT2D eigenvalue weighted by Crippen LogP contribution is 2.31. The highest BCUT2D eigenvalue weighted by atomic mass is 35.5. The van der Waals surface area contributed by atoms with Crippen molar-refractivity contribution in [1.82, 2.24) is 49.5 Å². The predicted octanol–water partition coefficient (Wildman–Crippen LogP) is 5.16. The zero-order chi connectivity index (χ0) is 45.6. The SMILES string of the molecule is Cn1[nH]c2nc(Cl)cc(Nc3ccccc3S(C)(=O)=O)c2c1=O.[C-]#[N+]c1cncc(N)n1.[C-]#[N+]c1cncc(Nc2cc(Nc3ccccc3S(C)(=O)=O)c3c(=O)n(C)[nH]c3n2)n1. The van der Waals surface area contributed by atoms with Crippen LogP contribution in [0.4, 0.5) is 51.8 Å². The predicted molar refractivity (Wildman–Crippen MR) is 238 cm³/mol. The molecule has 0 saturated carbocycles. The number of halogens is 1. The number of aromatic nitrogens is 10. The smallest absolute Gasteiger partial charge is 0.290 e. The number of nitrogens with two attached hydrogens (primary N) is 1. The maximum absolute atomic E-state index is 12.6. The zero-order valence-corrected chi connectivity index (χ0v) is 35.7. The van der Waals surface area contributed by atoms with Crippen molar-refractivity contribution < 1.29 is 16.8 Å². The molecule has 6 heterocycles. The first-order valence-corrected chi connectivity index (χ1v) is 21.9. The summed E-state index contributed by atoms with van der Waals surface area (Å²) in [7, 11) is -3.82. The van der Waals surface area contributed by atoms with Crippen LogP contribution in [-0.4, -0.2) is 78.8 Å². The number of aromatic amines is 2. The van der Waals surface area contributed by atoms with Crippen LogP contribution in [0.5, 0.6) is 0 Å². The molecule has 0 unspecified atom stereocenters. The van der Waals surface area contributed by atoms with Crippen LogP contribution in [0, 0.1) is 13.1 Å². The summed E-state index contributed by atoms with van der Waals surface area (Å²) in [6.07, 6.45) is 7.76. The Morgan fingerprint density at radius 1 is 0.635 bits per heavy atom. The van der Waals surface area contributed by atoms with Crippen LogP contribution >= 0.6 is 11.6 Å². The summed E-state index contributed by atoms with van der Waals surface area (Å²) >= 11 is 5.98. The Morgan fingerprint density at radius 3 is 1.60 bits per heavy atom. The first kappa shape index (κ1) is 44.4. The number of nitrogens with zero attached hydrogens (tertiary/aromatic N) is 10. The van der Waals surface area contributed by atoms with E-state index in [-0.39, 0.29) is 54.5 Å². The zero-order valence-electron chi connectivity index (χ0n) is 33.3. The molecule has 0 atom stereocenters. The van der Waals surface area contributed by atoms with Gasteiger partial charge in [0.15, 0.2) is 31.0 Å². The molecule has 0 radical (unpaired) electrons. The maximum atomic E-state index is 12.6. The van der Waals surface area contributed by atoms with E-state index in [1.165, 1.54) is 52.4 Å². The second-order valence-corrected chi connectivity index (χ2v) is 17.5. The van der Waals surface area contributed by atoms with E-state index in [0.717, 1.165) is 12.5 Å². The van der Waals surface area contributed by atoms with Gasteiger partial charge >= 0.3 is 0 Å². The van der Waals surface area contributed by atoms with Crippen LogP contribution in [0.3, 0.4) is 0 Å². The minimum atomic E-state index is -3.51. The highest BCUT2D eigenvalue weighted by Gasteiger charge is 2.19. The van der Waals surface area contributed by atoms with E-state index < -0.39 is 19.7 Å². The number of para-hydroxylation sites is 2. The number of nitrogen functional groups attached to an aromatic ring is 1. The standard InChI is InChI=1S/C19H16N8O3S.C14H13ClN4O3S.C5H4N4/c1-20-15-9-21-10-16(24-15)23-14-8-12(17-18(25-14)26-27(2)19(17)28)22-11-6-4-5-7-13(11)31(3,29)30;1-19-14(20)12-9(7-11(15)17-13(12)18-19)16-8-5-3-4-6-10(8)23(2,21)22;1-7-5-3-8-2-4(6)9-5/h4-10H,2-3H3,(H3,22,23,24,25,26);3-7H,1-2H3,(H2,16,17,18);2-3H,(H2,6,9). The van der Waals surface area contributed by atoms with E-state index in [0.29, 0.717) is 45.4 Å². The highest BCUT2D eigenvalue weighted by molar-refractivity contribution is 7.91. The molecule has 0 amide bonds. The minimum Gasteiger partial charge on any atom is -0.363 e.